The Morgan fingerprint density at radius 3 is 2.47 bits per heavy atom. The molecule has 0 unspecified atom stereocenters. The SMILES string of the molecule is O=C(Nc1ccccc1C1CC1)c1ccccc1Br. The first kappa shape index (κ1) is 12.4. The predicted octanol–water partition coefficient (Wildman–Crippen LogP) is 4.58. The van der Waals surface area contributed by atoms with Crippen molar-refractivity contribution < 1.29 is 4.79 Å². The van der Waals surface area contributed by atoms with E-state index in [1.807, 2.05) is 42.5 Å². The number of nitrogens with one attached hydrogen (secondary N) is 1. The van der Waals surface area contributed by atoms with Crippen LogP contribution in [0.25, 0.3) is 0 Å². The van der Waals surface area contributed by atoms with Gasteiger partial charge < -0.3 is 5.32 Å². The van der Waals surface area contributed by atoms with Crippen molar-refractivity contribution >= 4 is 27.5 Å². The molecule has 2 nitrogen and oxygen atoms in total. The van der Waals surface area contributed by atoms with E-state index >= 15 is 0 Å². The molecule has 0 spiro atoms. The Morgan fingerprint density at radius 1 is 1.05 bits per heavy atom. The van der Waals surface area contributed by atoms with Crippen LogP contribution >= 0.6 is 15.9 Å². The maximum Gasteiger partial charge on any atom is 0.256 e. The van der Waals surface area contributed by atoms with Gasteiger partial charge in [-0.25, -0.2) is 0 Å². The molecule has 0 radical (unpaired) electrons. The summed E-state index contributed by atoms with van der Waals surface area (Å²) in [6.45, 7) is 0. The minimum Gasteiger partial charge on any atom is -0.322 e. The molecule has 2 aromatic rings. The number of para-hydroxylation sites is 1. The second kappa shape index (κ2) is 5.17. The summed E-state index contributed by atoms with van der Waals surface area (Å²) in [4.78, 5) is 12.3. The Morgan fingerprint density at radius 2 is 1.74 bits per heavy atom. The summed E-state index contributed by atoms with van der Waals surface area (Å²) < 4.78 is 0.816. The average Bonchev–Trinajstić information content (AvgIpc) is 3.24. The van der Waals surface area contributed by atoms with Crippen molar-refractivity contribution in [1.82, 2.24) is 0 Å². The zero-order valence-electron chi connectivity index (χ0n) is 10.4. The molecule has 0 bridgehead atoms. The van der Waals surface area contributed by atoms with Crippen molar-refractivity contribution in [2.24, 2.45) is 0 Å². The van der Waals surface area contributed by atoms with Crippen LogP contribution in [0.5, 0.6) is 0 Å². The van der Waals surface area contributed by atoms with Crippen LogP contribution in [-0.4, -0.2) is 5.91 Å². The lowest BCUT2D eigenvalue weighted by Gasteiger charge is -2.11. The van der Waals surface area contributed by atoms with Gasteiger partial charge in [-0.1, -0.05) is 30.3 Å². The van der Waals surface area contributed by atoms with Crippen LogP contribution < -0.4 is 5.32 Å². The van der Waals surface area contributed by atoms with E-state index in [0.717, 1.165) is 10.2 Å². The van der Waals surface area contributed by atoms with Crippen LogP contribution in [-0.2, 0) is 0 Å². The lowest BCUT2D eigenvalue weighted by molar-refractivity contribution is 0.102. The number of hydrogen-bond donors (Lipinski definition) is 1. The monoisotopic (exact) mass is 315 g/mol. The molecule has 0 aromatic heterocycles. The molecule has 1 saturated carbocycles. The van der Waals surface area contributed by atoms with Gasteiger partial charge >= 0.3 is 0 Å². The standard InChI is InChI=1S/C16H14BrNO/c17-14-7-3-1-6-13(14)16(19)18-15-8-4-2-5-12(15)11-9-10-11/h1-8,11H,9-10H2,(H,18,19). The molecule has 2 aromatic carbocycles. The number of amides is 1. The first-order valence-corrected chi connectivity index (χ1v) is 7.20. The highest BCUT2D eigenvalue weighted by Gasteiger charge is 2.26. The fourth-order valence-corrected chi connectivity index (χ4v) is 2.66. The van der Waals surface area contributed by atoms with E-state index in [1.165, 1.54) is 18.4 Å². The molecule has 3 rings (SSSR count). The molecule has 1 aliphatic carbocycles. The fourth-order valence-electron chi connectivity index (χ4n) is 2.20. The highest BCUT2D eigenvalue weighted by atomic mass is 79.9. The van der Waals surface area contributed by atoms with Crippen molar-refractivity contribution in [3.8, 4) is 0 Å². The highest BCUT2D eigenvalue weighted by Crippen LogP contribution is 2.43. The van der Waals surface area contributed by atoms with E-state index in [9.17, 15) is 4.79 Å². The number of carbonyl (C=O) groups excluding carboxylic acids is 1. The van der Waals surface area contributed by atoms with Crippen molar-refractivity contribution in [3.63, 3.8) is 0 Å². The zero-order chi connectivity index (χ0) is 13.2. The molecule has 0 aliphatic heterocycles. The van der Waals surface area contributed by atoms with Gasteiger partial charge in [0.05, 0.1) is 5.56 Å². The minimum absolute atomic E-state index is 0.0689. The summed E-state index contributed by atoms with van der Waals surface area (Å²) in [5.41, 5.74) is 2.85. The normalized spacial score (nSPS) is 14.2. The molecular formula is C16H14BrNO. The summed E-state index contributed by atoms with van der Waals surface area (Å²) in [6, 6.07) is 15.5. The van der Waals surface area contributed by atoms with Crippen LogP contribution in [0.1, 0.15) is 34.7 Å². The van der Waals surface area contributed by atoms with E-state index in [0.29, 0.717) is 11.5 Å². The van der Waals surface area contributed by atoms with E-state index in [1.54, 1.807) is 0 Å². The number of rotatable bonds is 3. The highest BCUT2D eigenvalue weighted by molar-refractivity contribution is 9.10. The van der Waals surface area contributed by atoms with Crippen molar-refractivity contribution in [1.29, 1.82) is 0 Å². The summed E-state index contributed by atoms with van der Waals surface area (Å²) in [6.07, 6.45) is 2.45. The van der Waals surface area contributed by atoms with Gasteiger partial charge in [0.2, 0.25) is 0 Å². The lowest BCUT2D eigenvalue weighted by Crippen LogP contribution is -2.13. The summed E-state index contributed by atoms with van der Waals surface area (Å²) >= 11 is 3.41. The Kier molecular flexibility index (Phi) is 3.38. The Balaban J connectivity index is 1.86. The fraction of sp³-hybridized carbons (Fsp3) is 0.188. The van der Waals surface area contributed by atoms with Gasteiger partial charge in [-0.2, -0.15) is 0 Å². The average molecular weight is 316 g/mol. The second-order valence-electron chi connectivity index (χ2n) is 4.80. The van der Waals surface area contributed by atoms with Crippen LogP contribution in [0.4, 0.5) is 5.69 Å². The van der Waals surface area contributed by atoms with Crippen molar-refractivity contribution in [2.75, 3.05) is 5.32 Å². The second-order valence-corrected chi connectivity index (χ2v) is 5.65. The first-order chi connectivity index (χ1) is 9.25. The van der Waals surface area contributed by atoms with E-state index in [4.69, 9.17) is 0 Å². The van der Waals surface area contributed by atoms with Crippen molar-refractivity contribution in [3.05, 3.63) is 64.1 Å². The smallest absolute Gasteiger partial charge is 0.256 e. The molecule has 1 amide bonds. The van der Waals surface area contributed by atoms with E-state index in [-0.39, 0.29) is 5.91 Å². The molecule has 1 N–H and O–H groups in total. The molecular weight excluding hydrogens is 302 g/mol. The van der Waals surface area contributed by atoms with Crippen LogP contribution in [0, 0.1) is 0 Å². The summed E-state index contributed by atoms with van der Waals surface area (Å²) in [7, 11) is 0. The summed E-state index contributed by atoms with van der Waals surface area (Å²) in [5.74, 6) is 0.552. The van der Waals surface area contributed by atoms with Gasteiger partial charge in [0.1, 0.15) is 0 Å². The van der Waals surface area contributed by atoms with Crippen LogP contribution in [0.2, 0.25) is 0 Å². The molecule has 3 heteroatoms. The van der Waals surface area contributed by atoms with Gasteiger partial charge in [-0.15, -0.1) is 0 Å². The summed E-state index contributed by atoms with van der Waals surface area (Å²) in [5, 5.41) is 3.02. The maximum absolute atomic E-state index is 12.3. The quantitative estimate of drug-likeness (QED) is 0.882. The van der Waals surface area contributed by atoms with Gasteiger partial charge in [-0.05, 0) is 58.5 Å². The predicted molar refractivity (Wildman–Crippen MR) is 80.5 cm³/mol. The third-order valence-corrected chi connectivity index (χ3v) is 4.04. The molecule has 19 heavy (non-hydrogen) atoms. The van der Waals surface area contributed by atoms with Gasteiger partial charge in [0.15, 0.2) is 0 Å². The molecule has 0 saturated heterocycles. The topological polar surface area (TPSA) is 29.1 Å². The molecule has 0 atom stereocenters. The minimum atomic E-state index is -0.0689. The van der Waals surface area contributed by atoms with Crippen LogP contribution in [0.15, 0.2) is 53.0 Å². The van der Waals surface area contributed by atoms with Crippen LogP contribution in [0.3, 0.4) is 0 Å². The lowest BCUT2D eigenvalue weighted by atomic mass is 10.1. The van der Waals surface area contributed by atoms with Gasteiger partial charge in [-0.3, -0.25) is 4.79 Å². The zero-order valence-corrected chi connectivity index (χ0v) is 12.0. The third-order valence-electron chi connectivity index (χ3n) is 3.34. The number of anilines is 1. The number of hydrogen-bond acceptors (Lipinski definition) is 1. The Labute approximate surface area is 121 Å². The first-order valence-electron chi connectivity index (χ1n) is 6.40. The molecule has 96 valence electrons. The molecule has 1 fully saturated rings. The molecule has 0 heterocycles. The Bertz CT molecular complexity index is 620. The van der Waals surface area contributed by atoms with Crippen molar-refractivity contribution in [2.45, 2.75) is 18.8 Å². The number of benzene rings is 2. The van der Waals surface area contributed by atoms with E-state index < -0.39 is 0 Å². The number of halogens is 1. The number of carbonyl (C=O) groups is 1. The van der Waals surface area contributed by atoms with Gasteiger partial charge in [0, 0.05) is 10.2 Å². The van der Waals surface area contributed by atoms with E-state index in [2.05, 4.69) is 27.3 Å². The molecule has 1 aliphatic rings. The Hall–Kier alpha value is -1.61. The van der Waals surface area contributed by atoms with Gasteiger partial charge in [0.25, 0.3) is 5.91 Å². The third kappa shape index (κ3) is 2.71. The largest absolute Gasteiger partial charge is 0.322 e. The maximum atomic E-state index is 12.3.